The summed E-state index contributed by atoms with van der Waals surface area (Å²) in [7, 11) is 1.75. The van der Waals surface area contributed by atoms with Gasteiger partial charge in [-0.15, -0.1) is 0 Å². The van der Waals surface area contributed by atoms with Crippen molar-refractivity contribution in [1.82, 2.24) is 4.90 Å². The van der Waals surface area contributed by atoms with E-state index in [-0.39, 0.29) is 5.41 Å². The Morgan fingerprint density at radius 2 is 2.31 bits per heavy atom. The molecule has 0 spiro atoms. The van der Waals surface area contributed by atoms with Gasteiger partial charge in [0.15, 0.2) is 0 Å². The predicted molar refractivity (Wildman–Crippen MR) is 65.5 cm³/mol. The van der Waals surface area contributed by atoms with Crippen LogP contribution in [-0.2, 0) is 9.47 Å². The lowest BCUT2D eigenvalue weighted by molar-refractivity contribution is 0.0603. The Balaban J connectivity index is 2.53. The lowest BCUT2D eigenvalue weighted by Gasteiger charge is -2.36. The zero-order valence-corrected chi connectivity index (χ0v) is 10.9. The molecule has 2 N–H and O–H groups in total. The summed E-state index contributed by atoms with van der Waals surface area (Å²) in [5, 5.41) is 0. The van der Waals surface area contributed by atoms with Gasteiger partial charge in [0.1, 0.15) is 0 Å². The Morgan fingerprint density at radius 1 is 1.56 bits per heavy atom. The van der Waals surface area contributed by atoms with E-state index in [1.165, 1.54) is 0 Å². The van der Waals surface area contributed by atoms with E-state index in [0.717, 1.165) is 39.3 Å². The molecule has 4 heteroatoms. The molecular formula is C12H26N2O2. The Labute approximate surface area is 99.1 Å². The van der Waals surface area contributed by atoms with Crippen molar-refractivity contribution in [3.8, 4) is 0 Å². The topological polar surface area (TPSA) is 47.7 Å². The first-order chi connectivity index (χ1) is 7.67. The molecule has 0 aromatic heterocycles. The van der Waals surface area contributed by atoms with Crippen molar-refractivity contribution >= 4 is 0 Å². The Kier molecular flexibility index (Phi) is 5.69. The second-order valence-corrected chi connectivity index (χ2v) is 4.87. The zero-order valence-electron chi connectivity index (χ0n) is 10.9. The van der Waals surface area contributed by atoms with Gasteiger partial charge in [0.2, 0.25) is 0 Å². The molecule has 16 heavy (non-hydrogen) atoms. The van der Waals surface area contributed by atoms with Crippen LogP contribution in [0.25, 0.3) is 0 Å². The second-order valence-electron chi connectivity index (χ2n) is 4.87. The number of nitrogens with two attached hydrogens (primary N) is 1. The molecular weight excluding hydrogens is 204 g/mol. The van der Waals surface area contributed by atoms with Crippen molar-refractivity contribution in [3.63, 3.8) is 0 Å². The average molecular weight is 230 g/mol. The van der Waals surface area contributed by atoms with Crippen molar-refractivity contribution in [2.24, 2.45) is 11.1 Å². The van der Waals surface area contributed by atoms with Crippen LogP contribution in [0.5, 0.6) is 0 Å². The van der Waals surface area contributed by atoms with Gasteiger partial charge in [0, 0.05) is 38.3 Å². The number of methoxy groups -OCH3 is 1. The third-order valence-electron chi connectivity index (χ3n) is 3.59. The predicted octanol–water partition coefficient (Wildman–Crippen LogP) is 0.709. The van der Waals surface area contributed by atoms with E-state index in [1.807, 2.05) is 0 Å². The molecule has 0 saturated carbocycles. The molecule has 0 amide bonds. The molecule has 0 bridgehead atoms. The van der Waals surface area contributed by atoms with Crippen LogP contribution in [0.2, 0.25) is 0 Å². The van der Waals surface area contributed by atoms with Crippen LogP contribution < -0.4 is 5.73 Å². The molecule has 0 aliphatic carbocycles. The number of hydrogen-bond acceptors (Lipinski definition) is 4. The first kappa shape index (κ1) is 13.9. The van der Waals surface area contributed by atoms with Gasteiger partial charge in [0.25, 0.3) is 0 Å². The summed E-state index contributed by atoms with van der Waals surface area (Å²) in [5.41, 5.74) is 6.07. The molecule has 1 aliphatic rings. The lowest BCUT2D eigenvalue weighted by Crippen LogP contribution is -2.47. The van der Waals surface area contributed by atoms with E-state index >= 15 is 0 Å². The first-order valence-corrected chi connectivity index (χ1v) is 6.18. The Bertz CT molecular complexity index is 193. The highest BCUT2D eigenvalue weighted by molar-refractivity contribution is 4.88. The van der Waals surface area contributed by atoms with E-state index in [2.05, 4.69) is 18.7 Å². The van der Waals surface area contributed by atoms with E-state index < -0.39 is 0 Å². The van der Waals surface area contributed by atoms with E-state index in [0.29, 0.717) is 12.6 Å². The highest BCUT2D eigenvalue weighted by Gasteiger charge is 2.35. The minimum absolute atomic E-state index is 0.165. The summed E-state index contributed by atoms with van der Waals surface area (Å²) >= 11 is 0. The van der Waals surface area contributed by atoms with Crippen molar-refractivity contribution in [3.05, 3.63) is 0 Å². The monoisotopic (exact) mass is 230 g/mol. The van der Waals surface area contributed by atoms with Gasteiger partial charge < -0.3 is 15.2 Å². The van der Waals surface area contributed by atoms with Crippen molar-refractivity contribution in [2.75, 3.05) is 46.6 Å². The maximum Gasteiger partial charge on any atom is 0.0615 e. The number of nitrogens with zero attached hydrogens (tertiary/aromatic N) is 1. The molecule has 1 heterocycles. The first-order valence-electron chi connectivity index (χ1n) is 6.18. The van der Waals surface area contributed by atoms with Crippen LogP contribution in [-0.4, -0.2) is 57.5 Å². The van der Waals surface area contributed by atoms with E-state index in [1.54, 1.807) is 7.11 Å². The second kappa shape index (κ2) is 6.55. The third-order valence-corrected chi connectivity index (χ3v) is 3.59. The van der Waals surface area contributed by atoms with Crippen LogP contribution in [0.15, 0.2) is 0 Å². The smallest absolute Gasteiger partial charge is 0.0615 e. The molecule has 0 aromatic rings. The molecule has 0 radical (unpaired) electrons. The zero-order chi connectivity index (χ0) is 12.0. The van der Waals surface area contributed by atoms with Crippen molar-refractivity contribution < 1.29 is 9.47 Å². The minimum Gasteiger partial charge on any atom is -0.383 e. The van der Waals surface area contributed by atoms with E-state index in [4.69, 9.17) is 15.2 Å². The molecule has 1 rings (SSSR count). The lowest BCUT2D eigenvalue weighted by atomic mass is 9.86. The summed E-state index contributed by atoms with van der Waals surface area (Å²) < 4.78 is 10.7. The summed E-state index contributed by atoms with van der Waals surface area (Å²) in [4.78, 5) is 2.44. The summed E-state index contributed by atoms with van der Waals surface area (Å²) in [6, 6.07) is 0.444. The van der Waals surface area contributed by atoms with Gasteiger partial charge in [0.05, 0.1) is 13.2 Å². The normalized spacial score (nSPS) is 27.6. The minimum atomic E-state index is 0.165. The quantitative estimate of drug-likeness (QED) is 0.700. The molecule has 96 valence electrons. The van der Waals surface area contributed by atoms with Crippen molar-refractivity contribution in [1.29, 1.82) is 0 Å². The Morgan fingerprint density at radius 3 is 2.75 bits per heavy atom. The number of ether oxygens (including phenoxy) is 2. The largest absolute Gasteiger partial charge is 0.383 e. The molecule has 1 saturated heterocycles. The van der Waals surface area contributed by atoms with Crippen molar-refractivity contribution in [2.45, 2.75) is 26.3 Å². The fourth-order valence-corrected chi connectivity index (χ4v) is 2.36. The van der Waals surface area contributed by atoms with Gasteiger partial charge in [-0.05, 0) is 19.9 Å². The number of hydrogen-bond donors (Lipinski definition) is 1. The number of rotatable bonds is 7. The maximum absolute atomic E-state index is 5.91. The van der Waals surface area contributed by atoms with E-state index in [9.17, 15) is 0 Å². The van der Waals surface area contributed by atoms with Crippen LogP contribution in [0.3, 0.4) is 0 Å². The molecule has 1 fully saturated rings. The molecule has 2 unspecified atom stereocenters. The van der Waals surface area contributed by atoms with Gasteiger partial charge in [-0.3, -0.25) is 4.90 Å². The SMILES string of the molecule is CCN(CC1(CN)CCOC1)C(C)COC. The van der Waals surface area contributed by atoms with Crippen LogP contribution in [0.4, 0.5) is 0 Å². The third kappa shape index (κ3) is 3.42. The Hall–Kier alpha value is -0.160. The standard InChI is InChI=1S/C12H26N2O2/c1-4-14(11(2)7-15-3)9-12(8-13)5-6-16-10-12/h11H,4-10,13H2,1-3H3. The summed E-state index contributed by atoms with van der Waals surface area (Å²) in [6.07, 6.45) is 1.08. The van der Waals surface area contributed by atoms with Crippen LogP contribution in [0, 0.1) is 5.41 Å². The van der Waals surface area contributed by atoms with Gasteiger partial charge in [-0.25, -0.2) is 0 Å². The molecule has 2 atom stereocenters. The van der Waals surface area contributed by atoms with Gasteiger partial charge in [-0.1, -0.05) is 6.92 Å². The highest BCUT2D eigenvalue weighted by atomic mass is 16.5. The van der Waals surface area contributed by atoms with Crippen LogP contribution in [0.1, 0.15) is 20.3 Å². The summed E-state index contributed by atoms with van der Waals surface area (Å²) in [6.45, 7) is 9.59. The molecule has 4 nitrogen and oxygen atoms in total. The van der Waals surface area contributed by atoms with Crippen LogP contribution >= 0.6 is 0 Å². The molecule has 1 aliphatic heterocycles. The fraction of sp³-hybridized carbons (Fsp3) is 1.00. The van der Waals surface area contributed by atoms with Gasteiger partial charge in [-0.2, -0.15) is 0 Å². The summed E-state index contributed by atoms with van der Waals surface area (Å²) in [5.74, 6) is 0. The molecule has 0 aromatic carbocycles. The maximum atomic E-state index is 5.91. The average Bonchev–Trinajstić information content (AvgIpc) is 2.75. The van der Waals surface area contributed by atoms with Gasteiger partial charge >= 0.3 is 0 Å². The highest BCUT2D eigenvalue weighted by Crippen LogP contribution is 2.29. The number of likely N-dealkylation sites (N-methyl/N-ethyl adjacent to an activating group) is 1. The fourth-order valence-electron chi connectivity index (χ4n) is 2.36.